The molecule has 1 aliphatic heterocycles. The summed E-state index contributed by atoms with van der Waals surface area (Å²) in [6.45, 7) is 0. The lowest BCUT2D eigenvalue weighted by Crippen LogP contribution is -2.38. The third-order valence-electron chi connectivity index (χ3n) is 5.60. The number of hydrogen-bond acceptors (Lipinski definition) is 3. The van der Waals surface area contributed by atoms with Crippen LogP contribution in [-0.4, -0.2) is 4.57 Å². The lowest BCUT2D eigenvalue weighted by Gasteiger charge is -2.26. The standard InChI is InChI=1S/C24H22N2OS/c27-23-21(16-17-10-4-1-5-11-17)28-24-25-20-15-9-3-8-14-19(20)22(26(23)24)18-12-6-2-7-13-18/h1-2,4-7,10-13,16,22H,3,8-9,14-15H2/b21-16-. The van der Waals surface area contributed by atoms with E-state index in [0.717, 1.165) is 27.7 Å². The Morgan fingerprint density at radius 3 is 2.43 bits per heavy atom. The quantitative estimate of drug-likeness (QED) is 0.651. The van der Waals surface area contributed by atoms with Crippen molar-refractivity contribution < 1.29 is 0 Å². The van der Waals surface area contributed by atoms with Crippen LogP contribution in [0.15, 0.2) is 81.7 Å². The van der Waals surface area contributed by atoms with E-state index in [-0.39, 0.29) is 11.6 Å². The van der Waals surface area contributed by atoms with Crippen LogP contribution in [-0.2, 0) is 0 Å². The molecule has 2 heterocycles. The van der Waals surface area contributed by atoms with Crippen LogP contribution in [0.25, 0.3) is 6.08 Å². The molecule has 1 aromatic heterocycles. The zero-order chi connectivity index (χ0) is 18.9. The van der Waals surface area contributed by atoms with Gasteiger partial charge in [0.25, 0.3) is 5.56 Å². The van der Waals surface area contributed by atoms with E-state index >= 15 is 0 Å². The molecule has 3 nitrogen and oxygen atoms in total. The number of rotatable bonds is 2. The Labute approximate surface area is 168 Å². The average Bonchev–Trinajstić information content (AvgIpc) is 2.90. The largest absolute Gasteiger partial charge is 0.272 e. The van der Waals surface area contributed by atoms with E-state index in [1.54, 1.807) is 0 Å². The lowest BCUT2D eigenvalue weighted by molar-refractivity contribution is 0.572. The van der Waals surface area contributed by atoms with Crippen molar-refractivity contribution in [3.63, 3.8) is 0 Å². The molecule has 0 N–H and O–H groups in total. The van der Waals surface area contributed by atoms with Crippen molar-refractivity contribution in [2.45, 2.75) is 38.1 Å². The summed E-state index contributed by atoms with van der Waals surface area (Å²) >= 11 is 1.51. The van der Waals surface area contributed by atoms with Gasteiger partial charge in [0.1, 0.15) is 0 Å². The van der Waals surface area contributed by atoms with Crippen molar-refractivity contribution in [1.29, 1.82) is 0 Å². The topological polar surface area (TPSA) is 34.4 Å². The van der Waals surface area contributed by atoms with Crippen molar-refractivity contribution in [3.8, 4) is 0 Å². The first-order valence-electron chi connectivity index (χ1n) is 9.95. The molecule has 1 unspecified atom stereocenters. The third-order valence-corrected chi connectivity index (χ3v) is 6.58. The highest BCUT2D eigenvalue weighted by atomic mass is 32.1. The molecular weight excluding hydrogens is 364 g/mol. The number of nitrogens with zero attached hydrogens (tertiary/aromatic N) is 2. The van der Waals surface area contributed by atoms with Crippen molar-refractivity contribution in [2.24, 2.45) is 4.99 Å². The second-order valence-corrected chi connectivity index (χ2v) is 8.45. The fourth-order valence-corrected chi connectivity index (χ4v) is 5.28. The second-order valence-electron chi connectivity index (χ2n) is 7.44. The lowest BCUT2D eigenvalue weighted by atomic mass is 9.93. The summed E-state index contributed by atoms with van der Waals surface area (Å²) in [5.41, 5.74) is 4.84. The SMILES string of the molecule is O=c1/c(=C/c2ccccc2)sc2n1C(c1ccccc1)C1=C(CCCCC1)N=2. The van der Waals surface area contributed by atoms with Crippen molar-refractivity contribution >= 4 is 17.4 Å². The van der Waals surface area contributed by atoms with Gasteiger partial charge in [0.15, 0.2) is 4.80 Å². The van der Waals surface area contributed by atoms with Crippen molar-refractivity contribution in [2.75, 3.05) is 0 Å². The van der Waals surface area contributed by atoms with E-state index in [4.69, 9.17) is 4.99 Å². The van der Waals surface area contributed by atoms with Gasteiger partial charge in [-0.15, -0.1) is 0 Å². The average molecular weight is 387 g/mol. The van der Waals surface area contributed by atoms with Crippen LogP contribution in [0.2, 0.25) is 0 Å². The van der Waals surface area contributed by atoms with Crippen LogP contribution in [0, 0.1) is 0 Å². The number of allylic oxidation sites excluding steroid dienone is 2. The van der Waals surface area contributed by atoms with Gasteiger partial charge in [-0.1, -0.05) is 78.4 Å². The molecule has 0 saturated carbocycles. The summed E-state index contributed by atoms with van der Waals surface area (Å²) in [6.07, 6.45) is 7.62. The molecule has 0 saturated heterocycles. The Morgan fingerprint density at radius 1 is 0.929 bits per heavy atom. The van der Waals surface area contributed by atoms with Crippen LogP contribution in [0.1, 0.15) is 49.3 Å². The van der Waals surface area contributed by atoms with E-state index in [0.29, 0.717) is 0 Å². The molecule has 0 fully saturated rings. The highest BCUT2D eigenvalue weighted by Gasteiger charge is 2.29. The molecule has 1 aliphatic carbocycles. The molecule has 1 atom stereocenters. The fraction of sp³-hybridized carbons (Fsp3) is 0.250. The second kappa shape index (κ2) is 7.36. The molecule has 28 heavy (non-hydrogen) atoms. The highest BCUT2D eigenvalue weighted by Crippen LogP contribution is 2.36. The number of thiazole rings is 1. The Hall–Kier alpha value is -2.72. The van der Waals surface area contributed by atoms with Crippen molar-refractivity contribution in [1.82, 2.24) is 4.57 Å². The number of benzene rings is 2. The van der Waals surface area contributed by atoms with Gasteiger partial charge < -0.3 is 0 Å². The number of hydrogen-bond donors (Lipinski definition) is 0. The molecule has 140 valence electrons. The zero-order valence-corrected chi connectivity index (χ0v) is 16.5. The van der Waals surface area contributed by atoms with Crippen LogP contribution in [0.5, 0.6) is 0 Å². The van der Waals surface area contributed by atoms with E-state index in [2.05, 4.69) is 24.3 Å². The summed E-state index contributed by atoms with van der Waals surface area (Å²) < 4.78 is 2.68. The molecule has 0 spiro atoms. The summed E-state index contributed by atoms with van der Waals surface area (Å²) in [5.74, 6) is 0. The van der Waals surface area contributed by atoms with Crippen molar-refractivity contribution in [3.05, 3.63) is 103 Å². The first-order valence-corrected chi connectivity index (χ1v) is 10.8. The Morgan fingerprint density at radius 2 is 1.64 bits per heavy atom. The van der Waals surface area contributed by atoms with E-state index < -0.39 is 0 Å². The predicted molar refractivity (Wildman–Crippen MR) is 114 cm³/mol. The van der Waals surface area contributed by atoms with Gasteiger partial charge in [-0.2, -0.15) is 0 Å². The van der Waals surface area contributed by atoms with E-state index in [1.807, 2.05) is 47.0 Å². The summed E-state index contributed by atoms with van der Waals surface area (Å²) in [7, 11) is 0. The molecule has 0 radical (unpaired) electrons. The molecule has 3 aromatic rings. The Bertz CT molecular complexity index is 1200. The minimum absolute atomic E-state index is 0.0246. The maximum absolute atomic E-state index is 13.4. The van der Waals surface area contributed by atoms with E-state index in [1.165, 1.54) is 47.4 Å². The van der Waals surface area contributed by atoms with Gasteiger partial charge in [0.05, 0.1) is 10.6 Å². The third kappa shape index (κ3) is 3.08. The van der Waals surface area contributed by atoms with Gasteiger partial charge >= 0.3 is 0 Å². The van der Waals surface area contributed by atoms with Crippen LogP contribution in [0.3, 0.4) is 0 Å². The predicted octanol–water partition coefficient (Wildman–Crippen LogP) is 4.18. The molecule has 5 rings (SSSR count). The smallest absolute Gasteiger partial charge is 0.271 e. The molecule has 0 amide bonds. The van der Waals surface area contributed by atoms with Gasteiger partial charge in [-0.3, -0.25) is 9.36 Å². The zero-order valence-electron chi connectivity index (χ0n) is 15.7. The van der Waals surface area contributed by atoms with Gasteiger partial charge in [0.2, 0.25) is 0 Å². The van der Waals surface area contributed by atoms with Crippen LogP contribution in [0.4, 0.5) is 0 Å². The molecule has 0 bridgehead atoms. The Balaban J connectivity index is 1.75. The minimum Gasteiger partial charge on any atom is -0.272 e. The van der Waals surface area contributed by atoms with Gasteiger partial charge in [0, 0.05) is 5.70 Å². The van der Waals surface area contributed by atoms with Gasteiger partial charge in [-0.05, 0) is 48.5 Å². The number of fused-ring (bicyclic) bond motifs is 1. The first-order chi connectivity index (χ1) is 13.8. The first kappa shape index (κ1) is 17.4. The fourth-order valence-electron chi connectivity index (χ4n) is 4.26. The highest BCUT2D eigenvalue weighted by molar-refractivity contribution is 7.07. The summed E-state index contributed by atoms with van der Waals surface area (Å²) in [6, 6.07) is 20.5. The normalized spacial score (nSPS) is 19.6. The number of aromatic nitrogens is 1. The summed E-state index contributed by atoms with van der Waals surface area (Å²) in [5, 5.41) is 0. The summed E-state index contributed by atoms with van der Waals surface area (Å²) in [4.78, 5) is 19.2. The van der Waals surface area contributed by atoms with Gasteiger partial charge in [-0.25, -0.2) is 4.99 Å². The molecule has 2 aromatic carbocycles. The molecular formula is C24H22N2OS. The van der Waals surface area contributed by atoms with E-state index in [9.17, 15) is 4.79 Å². The molecule has 2 aliphatic rings. The maximum atomic E-state index is 13.4. The van der Waals surface area contributed by atoms with Crippen LogP contribution < -0.4 is 14.9 Å². The minimum atomic E-state index is -0.0246. The maximum Gasteiger partial charge on any atom is 0.271 e. The Kier molecular flexibility index (Phi) is 4.57. The monoisotopic (exact) mass is 386 g/mol. The van der Waals surface area contributed by atoms with Crippen LogP contribution >= 0.6 is 11.3 Å². The molecule has 4 heteroatoms.